The van der Waals surface area contributed by atoms with E-state index in [9.17, 15) is 9.59 Å². The Labute approximate surface area is 130 Å². The van der Waals surface area contributed by atoms with Gasteiger partial charge in [0.2, 0.25) is 5.91 Å². The summed E-state index contributed by atoms with van der Waals surface area (Å²) in [7, 11) is 1.43. The molecule has 7 heteroatoms. The molecule has 0 bridgehead atoms. The van der Waals surface area contributed by atoms with Crippen molar-refractivity contribution in [3.05, 3.63) is 28.2 Å². The molecular weight excluding hydrogens is 342 g/mol. The average Bonchev–Trinajstić information content (AvgIpc) is 2.44. The summed E-state index contributed by atoms with van der Waals surface area (Å²) in [6.07, 6.45) is 2.92. The van der Waals surface area contributed by atoms with Gasteiger partial charge < -0.3 is 19.5 Å². The summed E-state index contributed by atoms with van der Waals surface area (Å²) in [5.74, 6) is -0.181. The van der Waals surface area contributed by atoms with Gasteiger partial charge in [-0.2, -0.15) is 0 Å². The van der Waals surface area contributed by atoms with Crippen molar-refractivity contribution in [1.82, 2.24) is 4.90 Å². The van der Waals surface area contributed by atoms with Crippen molar-refractivity contribution >= 4 is 33.9 Å². The number of amides is 1. The fourth-order valence-corrected chi connectivity index (χ4v) is 2.38. The molecule has 0 unspecified atom stereocenters. The van der Waals surface area contributed by atoms with Crippen LogP contribution < -0.4 is 9.47 Å². The normalized spacial score (nSPS) is 13.2. The Kier molecular flexibility index (Phi) is 4.85. The van der Waals surface area contributed by atoms with Crippen LogP contribution in [0.2, 0.25) is 0 Å². The van der Waals surface area contributed by atoms with E-state index < -0.39 is 5.97 Å². The van der Waals surface area contributed by atoms with E-state index in [-0.39, 0.29) is 12.5 Å². The third-order valence-corrected chi connectivity index (χ3v) is 3.38. The summed E-state index contributed by atoms with van der Waals surface area (Å²) in [6, 6.07) is 3.56. The number of rotatable bonds is 4. The van der Waals surface area contributed by atoms with Crippen LogP contribution in [-0.4, -0.2) is 48.7 Å². The zero-order chi connectivity index (χ0) is 15.4. The number of hydrogen-bond acceptors (Lipinski definition) is 4. The highest BCUT2D eigenvalue weighted by Crippen LogP contribution is 2.38. The van der Waals surface area contributed by atoms with Gasteiger partial charge >= 0.3 is 5.97 Å². The minimum atomic E-state index is -1.05. The molecule has 1 aliphatic heterocycles. The Hall–Kier alpha value is -2.02. The lowest BCUT2D eigenvalue weighted by Crippen LogP contribution is -2.30. The lowest BCUT2D eigenvalue weighted by molar-refractivity contribution is -0.141. The molecule has 21 heavy (non-hydrogen) atoms. The highest BCUT2D eigenvalue weighted by Gasteiger charge is 2.16. The van der Waals surface area contributed by atoms with Crippen LogP contribution in [-0.2, 0) is 9.59 Å². The highest BCUT2D eigenvalue weighted by atomic mass is 79.9. The van der Waals surface area contributed by atoms with E-state index >= 15 is 0 Å². The Morgan fingerprint density at radius 1 is 1.38 bits per heavy atom. The van der Waals surface area contributed by atoms with Gasteiger partial charge in [-0.05, 0) is 39.7 Å². The molecule has 6 nitrogen and oxygen atoms in total. The summed E-state index contributed by atoms with van der Waals surface area (Å²) in [6.45, 7) is 0.639. The number of halogens is 1. The third-order valence-electron chi connectivity index (χ3n) is 2.79. The first-order chi connectivity index (χ1) is 9.97. The van der Waals surface area contributed by atoms with Crippen LogP contribution in [0.5, 0.6) is 11.5 Å². The number of hydrogen-bond donors (Lipinski definition) is 1. The monoisotopic (exact) mass is 355 g/mol. The van der Waals surface area contributed by atoms with Crippen LogP contribution in [0.4, 0.5) is 0 Å². The number of aliphatic carboxylic acids is 1. The predicted molar refractivity (Wildman–Crippen MR) is 79.4 cm³/mol. The van der Waals surface area contributed by atoms with E-state index in [1.165, 1.54) is 13.1 Å². The van der Waals surface area contributed by atoms with Crippen LogP contribution in [0, 0.1) is 0 Å². The van der Waals surface area contributed by atoms with Crippen LogP contribution >= 0.6 is 15.9 Å². The smallest absolute Gasteiger partial charge is 0.323 e. The van der Waals surface area contributed by atoms with Gasteiger partial charge in [-0.3, -0.25) is 9.59 Å². The van der Waals surface area contributed by atoms with E-state index in [4.69, 9.17) is 14.6 Å². The van der Waals surface area contributed by atoms with Gasteiger partial charge in [-0.15, -0.1) is 0 Å². The third kappa shape index (κ3) is 3.98. The predicted octanol–water partition coefficient (Wildman–Crippen LogP) is 1.78. The van der Waals surface area contributed by atoms with Crippen molar-refractivity contribution in [1.29, 1.82) is 0 Å². The molecule has 1 aliphatic rings. The van der Waals surface area contributed by atoms with Gasteiger partial charge in [0.05, 0.1) is 4.47 Å². The molecular formula is C14H14BrNO5. The SMILES string of the molecule is CN(CC(=O)O)C(=O)/C=C/c1cc(Br)c2c(c1)OCCO2. The molecule has 1 heterocycles. The van der Waals surface area contributed by atoms with Crippen molar-refractivity contribution in [3.8, 4) is 11.5 Å². The second kappa shape index (κ2) is 6.62. The highest BCUT2D eigenvalue weighted by molar-refractivity contribution is 9.10. The molecule has 0 aliphatic carbocycles. The first-order valence-corrected chi connectivity index (χ1v) is 7.01. The Morgan fingerprint density at radius 3 is 2.81 bits per heavy atom. The molecule has 0 spiro atoms. The Balaban J connectivity index is 2.12. The number of fused-ring (bicyclic) bond motifs is 1. The molecule has 1 amide bonds. The molecule has 1 aromatic carbocycles. The number of likely N-dealkylation sites (N-methyl/N-ethyl adjacent to an activating group) is 1. The van der Waals surface area contributed by atoms with Crippen LogP contribution in [0.25, 0.3) is 6.08 Å². The summed E-state index contributed by atoms with van der Waals surface area (Å²) < 4.78 is 11.7. The van der Waals surface area contributed by atoms with Crippen molar-refractivity contribution in [2.45, 2.75) is 0 Å². The lowest BCUT2D eigenvalue weighted by atomic mass is 10.1. The minimum absolute atomic E-state index is 0.339. The van der Waals surface area contributed by atoms with Crippen LogP contribution in [0.3, 0.4) is 0 Å². The molecule has 0 fully saturated rings. The number of carboxylic acids is 1. The van der Waals surface area contributed by atoms with E-state index in [0.717, 1.165) is 14.9 Å². The van der Waals surface area contributed by atoms with E-state index in [2.05, 4.69) is 15.9 Å². The van der Waals surface area contributed by atoms with Gasteiger partial charge in [0.1, 0.15) is 19.8 Å². The molecule has 2 rings (SSSR count). The number of carboxylic acid groups (broad SMARTS) is 1. The zero-order valence-corrected chi connectivity index (χ0v) is 12.9. The maximum absolute atomic E-state index is 11.7. The van der Waals surface area contributed by atoms with Gasteiger partial charge in [0.25, 0.3) is 0 Å². The quantitative estimate of drug-likeness (QED) is 0.833. The molecule has 0 atom stereocenters. The van der Waals surface area contributed by atoms with Gasteiger partial charge in [0.15, 0.2) is 11.5 Å². The van der Waals surface area contributed by atoms with E-state index in [1.54, 1.807) is 18.2 Å². The molecule has 1 N–H and O–H groups in total. The Bertz CT molecular complexity index is 599. The second-order valence-corrected chi connectivity index (χ2v) is 5.30. The number of carbonyl (C=O) groups excluding carboxylic acids is 1. The molecule has 0 saturated carbocycles. The van der Waals surface area contributed by atoms with Gasteiger partial charge in [-0.25, -0.2) is 0 Å². The fourth-order valence-electron chi connectivity index (χ4n) is 1.80. The van der Waals surface area contributed by atoms with Crippen LogP contribution in [0.15, 0.2) is 22.7 Å². The maximum Gasteiger partial charge on any atom is 0.323 e. The van der Waals surface area contributed by atoms with Crippen molar-refractivity contribution in [3.63, 3.8) is 0 Å². The lowest BCUT2D eigenvalue weighted by Gasteiger charge is -2.20. The molecule has 1 aromatic rings. The maximum atomic E-state index is 11.7. The molecule has 0 radical (unpaired) electrons. The zero-order valence-electron chi connectivity index (χ0n) is 11.3. The largest absolute Gasteiger partial charge is 0.486 e. The topological polar surface area (TPSA) is 76.1 Å². The number of benzene rings is 1. The standard InChI is InChI=1S/C14H14BrNO5/c1-16(8-13(18)19)12(17)3-2-9-6-10(15)14-11(7-9)20-4-5-21-14/h2-3,6-7H,4-5,8H2,1H3,(H,18,19)/b3-2+. The summed E-state index contributed by atoms with van der Waals surface area (Å²) in [5.41, 5.74) is 0.753. The van der Waals surface area contributed by atoms with Crippen LogP contribution in [0.1, 0.15) is 5.56 Å². The molecule has 0 saturated heterocycles. The van der Waals surface area contributed by atoms with Gasteiger partial charge in [-0.1, -0.05) is 0 Å². The van der Waals surface area contributed by atoms with E-state index in [0.29, 0.717) is 24.7 Å². The number of ether oxygens (including phenoxy) is 2. The first-order valence-electron chi connectivity index (χ1n) is 6.21. The number of nitrogens with zero attached hydrogens (tertiary/aromatic N) is 1. The average molecular weight is 356 g/mol. The van der Waals surface area contributed by atoms with Crippen molar-refractivity contribution in [2.24, 2.45) is 0 Å². The number of carbonyl (C=O) groups is 2. The first kappa shape index (κ1) is 15.4. The molecule has 112 valence electrons. The van der Waals surface area contributed by atoms with Crippen molar-refractivity contribution in [2.75, 3.05) is 26.8 Å². The minimum Gasteiger partial charge on any atom is -0.486 e. The Morgan fingerprint density at radius 2 is 2.10 bits per heavy atom. The van der Waals surface area contributed by atoms with E-state index in [1.807, 2.05) is 0 Å². The van der Waals surface area contributed by atoms with Gasteiger partial charge in [0, 0.05) is 13.1 Å². The summed E-state index contributed by atoms with van der Waals surface area (Å²) >= 11 is 3.39. The second-order valence-electron chi connectivity index (χ2n) is 4.45. The summed E-state index contributed by atoms with van der Waals surface area (Å²) in [4.78, 5) is 23.4. The molecule has 0 aromatic heterocycles. The summed E-state index contributed by atoms with van der Waals surface area (Å²) in [5, 5.41) is 8.63. The van der Waals surface area contributed by atoms with Crippen molar-refractivity contribution < 1.29 is 24.2 Å². The fraction of sp³-hybridized carbons (Fsp3) is 0.286.